The molecule has 0 saturated heterocycles. The highest BCUT2D eigenvalue weighted by atomic mass is 16.3. The molecule has 0 aliphatic carbocycles. The molecule has 0 radical (unpaired) electrons. The number of aryl methyl sites for hydroxylation is 1. The molecule has 0 fully saturated rings. The molecule has 0 spiro atoms. The van der Waals surface area contributed by atoms with Crippen LogP contribution in [0.15, 0.2) is 30.3 Å². The van der Waals surface area contributed by atoms with E-state index in [1.807, 2.05) is 30.3 Å². The van der Waals surface area contributed by atoms with Crippen LogP contribution in [0.2, 0.25) is 0 Å². The zero-order valence-electron chi connectivity index (χ0n) is 10.6. The second-order valence-corrected chi connectivity index (χ2v) is 4.46. The molecule has 1 aromatic carbocycles. The van der Waals surface area contributed by atoms with Gasteiger partial charge in [-0.15, -0.1) is 0 Å². The Kier molecular flexibility index (Phi) is 6.56. The number of aliphatic hydroxyl groups is 1. The Bertz CT molecular complexity index is 319. The monoisotopic (exact) mass is 234 g/mol. The first-order valence-corrected chi connectivity index (χ1v) is 6.48. The second kappa shape index (κ2) is 8.02. The van der Waals surface area contributed by atoms with E-state index in [9.17, 15) is 9.90 Å². The first-order chi connectivity index (χ1) is 8.24. The van der Waals surface area contributed by atoms with Crippen molar-refractivity contribution >= 4 is 5.78 Å². The third-order valence-electron chi connectivity index (χ3n) is 2.96. The molecule has 0 aromatic heterocycles. The lowest BCUT2D eigenvalue weighted by Crippen LogP contribution is -2.20. The van der Waals surface area contributed by atoms with E-state index < -0.39 is 6.10 Å². The SMILES string of the molecule is CCCCCC(O)C(=O)CCc1ccccc1. The molecule has 0 heterocycles. The Labute approximate surface area is 104 Å². The van der Waals surface area contributed by atoms with Gasteiger partial charge in [-0.3, -0.25) is 4.79 Å². The van der Waals surface area contributed by atoms with Crippen molar-refractivity contribution in [2.75, 3.05) is 0 Å². The van der Waals surface area contributed by atoms with Crippen LogP contribution in [0, 0.1) is 0 Å². The van der Waals surface area contributed by atoms with E-state index in [4.69, 9.17) is 0 Å². The number of Topliss-reactive ketones (excluding diaryl/α,β-unsaturated/α-hetero) is 1. The Hall–Kier alpha value is -1.15. The van der Waals surface area contributed by atoms with E-state index >= 15 is 0 Å². The van der Waals surface area contributed by atoms with Crippen molar-refractivity contribution in [3.8, 4) is 0 Å². The highest BCUT2D eigenvalue weighted by molar-refractivity contribution is 5.82. The van der Waals surface area contributed by atoms with Crippen molar-refractivity contribution in [1.82, 2.24) is 0 Å². The van der Waals surface area contributed by atoms with Gasteiger partial charge in [-0.25, -0.2) is 0 Å². The maximum atomic E-state index is 11.7. The fraction of sp³-hybridized carbons (Fsp3) is 0.533. The van der Waals surface area contributed by atoms with Crippen LogP contribution in [-0.4, -0.2) is 17.0 Å². The molecule has 0 bridgehead atoms. The van der Waals surface area contributed by atoms with Crippen molar-refractivity contribution in [3.63, 3.8) is 0 Å². The van der Waals surface area contributed by atoms with Gasteiger partial charge >= 0.3 is 0 Å². The van der Waals surface area contributed by atoms with Crippen LogP contribution in [0.25, 0.3) is 0 Å². The molecule has 94 valence electrons. The van der Waals surface area contributed by atoms with E-state index in [-0.39, 0.29) is 5.78 Å². The van der Waals surface area contributed by atoms with E-state index in [2.05, 4.69) is 6.92 Å². The molecule has 1 atom stereocenters. The van der Waals surface area contributed by atoms with Crippen LogP contribution in [0.5, 0.6) is 0 Å². The Morgan fingerprint density at radius 1 is 1.24 bits per heavy atom. The lowest BCUT2D eigenvalue weighted by Gasteiger charge is -2.09. The number of aliphatic hydroxyl groups excluding tert-OH is 1. The molecule has 0 amide bonds. The molecule has 1 unspecified atom stereocenters. The number of unbranched alkanes of at least 4 members (excludes halogenated alkanes) is 2. The Morgan fingerprint density at radius 3 is 2.59 bits per heavy atom. The third-order valence-corrected chi connectivity index (χ3v) is 2.96. The Morgan fingerprint density at radius 2 is 1.94 bits per heavy atom. The number of benzene rings is 1. The molecule has 0 aliphatic rings. The normalized spacial score (nSPS) is 12.4. The lowest BCUT2D eigenvalue weighted by molar-refractivity contribution is -0.127. The van der Waals surface area contributed by atoms with Crippen molar-refractivity contribution in [1.29, 1.82) is 0 Å². The number of carbonyl (C=O) groups is 1. The lowest BCUT2D eigenvalue weighted by atomic mass is 10.0. The van der Waals surface area contributed by atoms with Crippen LogP contribution >= 0.6 is 0 Å². The van der Waals surface area contributed by atoms with Crippen molar-refractivity contribution in [3.05, 3.63) is 35.9 Å². The van der Waals surface area contributed by atoms with Crippen LogP contribution in [0.3, 0.4) is 0 Å². The number of rotatable bonds is 8. The molecule has 17 heavy (non-hydrogen) atoms. The minimum absolute atomic E-state index is 0.0232. The summed E-state index contributed by atoms with van der Waals surface area (Å²) in [5.74, 6) is -0.0232. The zero-order valence-corrected chi connectivity index (χ0v) is 10.6. The van der Waals surface area contributed by atoms with E-state index in [0.29, 0.717) is 12.8 Å². The number of hydrogen-bond donors (Lipinski definition) is 1. The van der Waals surface area contributed by atoms with Gasteiger partial charge in [-0.05, 0) is 18.4 Å². The smallest absolute Gasteiger partial charge is 0.161 e. The first-order valence-electron chi connectivity index (χ1n) is 6.48. The highest BCUT2D eigenvalue weighted by Gasteiger charge is 2.13. The average molecular weight is 234 g/mol. The summed E-state index contributed by atoms with van der Waals surface area (Å²) >= 11 is 0. The first kappa shape index (κ1) is 13.9. The summed E-state index contributed by atoms with van der Waals surface area (Å²) in [6.07, 6.45) is 4.16. The second-order valence-electron chi connectivity index (χ2n) is 4.46. The van der Waals surface area contributed by atoms with Gasteiger partial charge in [0.05, 0.1) is 0 Å². The summed E-state index contributed by atoms with van der Waals surface area (Å²) in [5, 5.41) is 9.67. The fourth-order valence-corrected chi connectivity index (χ4v) is 1.83. The molecule has 2 nitrogen and oxygen atoms in total. The van der Waals surface area contributed by atoms with E-state index in [1.54, 1.807) is 0 Å². The summed E-state index contributed by atoms with van der Waals surface area (Å²) in [5.41, 5.74) is 1.15. The standard InChI is InChI=1S/C15H22O2/c1-2-3-5-10-14(16)15(17)12-11-13-8-6-4-7-9-13/h4,6-9,14,16H,2-3,5,10-12H2,1H3. The van der Waals surface area contributed by atoms with Gasteiger partial charge in [0.1, 0.15) is 6.10 Å². The Balaban J connectivity index is 2.24. The van der Waals surface area contributed by atoms with Crippen LogP contribution in [0.4, 0.5) is 0 Å². The van der Waals surface area contributed by atoms with Gasteiger partial charge in [-0.2, -0.15) is 0 Å². The van der Waals surface area contributed by atoms with Crippen LogP contribution in [-0.2, 0) is 11.2 Å². The molecule has 1 rings (SSSR count). The summed E-state index contributed by atoms with van der Waals surface area (Å²) in [6, 6.07) is 9.92. The number of ketones is 1. The molecule has 0 saturated carbocycles. The quantitative estimate of drug-likeness (QED) is 0.702. The molecular weight excluding hydrogens is 212 g/mol. The van der Waals surface area contributed by atoms with Crippen LogP contribution < -0.4 is 0 Å². The van der Waals surface area contributed by atoms with E-state index in [0.717, 1.165) is 31.2 Å². The average Bonchev–Trinajstić information content (AvgIpc) is 2.37. The summed E-state index contributed by atoms with van der Waals surface area (Å²) in [7, 11) is 0. The van der Waals surface area contributed by atoms with Gasteiger partial charge in [0.2, 0.25) is 0 Å². The predicted molar refractivity (Wildman–Crippen MR) is 69.9 cm³/mol. The van der Waals surface area contributed by atoms with Gasteiger partial charge in [0.15, 0.2) is 5.78 Å². The maximum Gasteiger partial charge on any atom is 0.161 e. The topological polar surface area (TPSA) is 37.3 Å². The maximum absolute atomic E-state index is 11.7. The molecular formula is C15H22O2. The van der Waals surface area contributed by atoms with Crippen molar-refractivity contribution in [2.24, 2.45) is 0 Å². The molecule has 1 aromatic rings. The summed E-state index contributed by atoms with van der Waals surface area (Å²) in [6.45, 7) is 2.11. The predicted octanol–water partition coefficient (Wildman–Crippen LogP) is 3.13. The van der Waals surface area contributed by atoms with Crippen LogP contribution in [0.1, 0.15) is 44.6 Å². The minimum Gasteiger partial charge on any atom is -0.385 e. The zero-order chi connectivity index (χ0) is 12.5. The van der Waals surface area contributed by atoms with Gasteiger partial charge in [0, 0.05) is 6.42 Å². The van der Waals surface area contributed by atoms with E-state index in [1.165, 1.54) is 0 Å². The molecule has 0 aliphatic heterocycles. The highest BCUT2D eigenvalue weighted by Crippen LogP contribution is 2.08. The van der Waals surface area contributed by atoms with Crippen molar-refractivity contribution < 1.29 is 9.90 Å². The fourth-order valence-electron chi connectivity index (χ4n) is 1.83. The summed E-state index contributed by atoms with van der Waals surface area (Å²) < 4.78 is 0. The number of carbonyl (C=O) groups excluding carboxylic acids is 1. The number of hydrogen-bond acceptors (Lipinski definition) is 2. The molecule has 1 N–H and O–H groups in total. The van der Waals surface area contributed by atoms with Gasteiger partial charge in [0.25, 0.3) is 0 Å². The summed E-state index contributed by atoms with van der Waals surface area (Å²) in [4.78, 5) is 11.7. The van der Waals surface area contributed by atoms with Crippen molar-refractivity contribution in [2.45, 2.75) is 51.6 Å². The third kappa shape index (κ3) is 5.64. The molecule has 2 heteroatoms. The minimum atomic E-state index is -0.759. The van der Waals surface area contributed by atoms with Gasteiger partial charge < -0.3 is 5.11 Å². The van der Waals surface area contributed by atoms with Gasteiger partial charge in [-0.1, -0.05) is 56.5 Å². The largest absolute Gasteiger partial charge is 0.385 e.